The molecule has 1 aliphatic rings. The fourth-order valence-electron chi connectivity index (χ4n) is 4.78. The van der Waals surface area contributed by atoms with E-state index in [2.05, 4.69) is 19.1 Å². The molecular weight excluding hydrogens is 396 g/mol. The molecule has 2 atom stereocenters. The first-order chi connectivity index (χ1) is 15.6. The van der Waals surface area contributed by atoms with Crippen molar-refractivity contribution in [1.82, 2.24) is 0 Å². The summed E-state index contributed by atoms with van der Waals surface area (Å²) in [5.74, 6) is -0.570. The first-order valence-corrected chi connectivity index (χ1v) is 14.2. The van der Waals surface area contributed by atoms with Crippen LogP contribution in [0.3, 0.4) is 0 Å². The Kier molecular flexibility index (Phi) is 18.6. The molecule has 0 bridgehead atoms. The Morgan fingerprint density at radius 2 is 1.00 bits per heavy atom. The van der Waals surface area contributed by atoms with Crippen LogP contribution in [0.5, 0.6) is 0 Å². The summed E-state index contributed by atoms with van der Waals surface area (Å²) >= 11 is 0. The number of unbranched alkanes of at least 4 members (excludes halogenated alkanes) is 18. The van der Waals surface area contributed by atoms with Crippen molar-refractivity contribution in [2.45, 2.75) is 167 Å². The second kappa shape index (κ2) is 20.0. The average Bonchev–Trinajstić information content (AvgIpc) is 3.08. The molecule has 1 heterocycles. The van der Waals surface area contributed by atoms with Gasteiger partial charge in [-0.05, 0) is 33.1 Å². The Balaban J connectivity index is 1.77. The summed E-state index contributed by atoms with van der Waals surface area (Å²) in [5, 5.41) is 9.41. The quantitative estimate of drug-likeness (QED) is 0.132. The molecule has 1 fully saturated rings. The Morgan fingerprint density at radius 3 is 1.44 bits per heavy atom. The minimum Gasteiger partial charge on any atom is -0.394 e. The number of hydrogen-bond donors (Lipinski definition) is 1. The highest BCUT2D eigenvalue weighted by Crippen LogP contribution is 2.29. The third-order valence-electron chi connectivity index (χ3n) is 6.72. The maximum absolute atomic E-state index is 9.41. The van der Waals surface area contributed by atoms with E-state index in [-0.39, 0.29) is 18.8 Å². The van der Waals surface area contributed by atoms with Gasteiger partial charge in [-0.1, -0.05) is 128 Å². The number of rotatable bonds is 22. The highest BCUT2D eigenvalue weighted by atomic mass is 16.8. The van der Waals surface area contributed by atoms with E-state index in [9.17, 15) is 5.11 Å². The smallest absolute Gasteiger partial charge is 0.163 e. The lowest BCUT2D eigenvalue weighted by atomic mass is 10.0. The summed E-state index contributed by atoms with van der Waals surface area (Å²) in [5.41, 5.74) is 0. The Morgan fingerprint density at radius 1 is 0.594 bits per heavy atom. The maximum atomic E-state index is 9.41. The molecule has 0 aliphatic carbocycles. The zero-order chi connectivity index (χ0) is 23.3. The molecule has 0 unspecified atom stereocenters. The molecule has 190 valence electrons. The fraction of sp³-hybridized carbons (Fsp3) is 0.931. The summed E-state index contributed by atoms with van der Waals surface area (Å²) in [6, 6.07) is 0. The van der Waals surface area contributed by atoms with Gasteiger partial charge in [0.25, 0.3) is 0 Å². The van der Waals surface area contributed by atoms with Gasteiger partial charge in [0, 0.05) is 0 Å². The molecule has 3 heteroatoms. The standard InChI is InChI=1S/C29H56O3/c1-4-5-6-7-8-9-10-11-12-13-14-15-16-17-18-19-20-21-22-23-24-25-27-28(26-30)32-29(2,3)31-27/h23-24,27-28,30H,4-22,25-26H2,1-3H3/b24-23+/t27-,28+/m1/s1. The number of aliphatic hydroxyl groups excluding tert-OH is 1. The van der Waals surface area contributed by atoms with Crippen LogP contribution >= 0.6 is 0 Å². The van der Waals surface area contributed by atoms with E-state index < -0.39 is 5.79 Å². The van der Waals surface area contributed by atoms with Gasteiger partial charge < -0.3 is 14.6 Å². The monoisotopic (exact) mass is 452 g/mol. The molecule has 1 N–H and O–H groups in total. The number of hydrogen-bond acceptors (Lipinski definition) is 3. The van der Waals surface area contributed by atoms with Crippen LogP contribution in [0.2, 0.25) is 0 Å². The molecule has 1 rings (SSSR count). The van der Waals surface area contributed by atoms with Crippen molar-refractivity contribution in [1.29, 1.82) is 0 Å². The summed E-state index contributed by atoms with van der Waals surface area (Å²) in [6.45, 7) is 6.15. The number of allylic oxidation sites excluding steroid dienone is 1. The minimum atomic E-state index is -0.570. The molecule has 0 radical (unpaired) electrons. The SMILES string of the molecule is CCCCCCCCCCCCCCCCCCCC/C=C/C[C@H]1OC(C)(C)O[C@H]1CO. The van der Waals surface area contributed by atoms with E-state index >= 15 is 0 Å². The molecule has 0 spiro atoms. The molecule has 1 aliphatic heterocycles. The summed E-state index contributed by atoms with van der Waals surface area (Å²) in [7, 11) is 0. The van der Waals surface area contributed by atoms with Gasteiger partial charge >= 0.3 is 0 Å². The van der Waals surface area contributed by atoms with Gasteiger partial charge in [-0.15, -0.1) is 0 Å². The largest absolute Gasteiger partial charge is 0.394 e. The van der Waals surface area contributed by atoms with Crippen LogP contribution in [0.4, 0.5) is 0 Å². The summed E-state index contributed by atoms with van der Waals surface area (Å²) < 4.78 is 11.6. The molecule has 1 saturated heterocycles. The van der Waals surface area contributed by atoms with Crippen molar-refractivity contribution < 1.29 is 14.6 Å². The maximum Gasteiger partial charge on any atom is 0.163 e. The van der Waals surface area contributed by atoms with Gasteiger partial charge in [-0.25, -0.2) is 0 Å². The third kappa shape index (κ3) is 16.3. The van der Waals surface area contributed by atoms with Gasteiger partial charge in [-0.3, -0.25) is 0 Å². The number of aliphatic hydroxyl groups is 1. The van der Waals surface area contributed by atoms with Crippen molar-refractivity contribution >= 4 is 0 Å². The van der Waals surface area contributed by atoms with E-state index in [1.165, 1.54) is 116 Å². The zero-order valence-corrected chi connectivity index (χ0v) is 21.9. The Bertz CT molecular complexity index is 432. The fourth-order valence-corrected chi connectivity index (χ4v) is 4.78. The van der Waals surface area contributed by atoms with Gasteiger partial charge in [0.15, 0.2) is 5.79 Å². The average molecular weight is 453 g/mol. The van der Waals surface area contributed by atoms with Crippen LogP contribution in [0, 0.1) is 0 Å². The lowest BCUT2D eigenvalue weighted by Crippen LogP contribution is -2.25. The molecule has 3 nitrogen and oxygen atoms in total. The van der Waals surface area contributed by atoms with Crippen molar-refractivity contribution in [2.24, 2.45) is 0 Å². The van der Waals surface area contributed by atoms with Gasteiger partial charge in [0.2, 0.25) is 0 Å². The molecule has 0 aromatic rings. The Hall–Kier alpha value is -0.380. The van der Waals surface area contributed by atoms with E-state index in [1.807, 2.05) is 13.8 Å². The topological polar surface area (TPSA) is 38.7 Å². The molecule has 0 aromatic heterocycles. The zero-order valence-electron chi connectivity index (χ0n) is 21.9. The number of ether oxygens (including phenoxy) is 2. The lowest BCUT2D eigenvalue weighted by molar-refractivity contribution is -0.148. The first-order valence-electron chi connectivity index (χ1n) is 14.2. The predicted molar refractivity (Wildman–Crippen MR) is 138 cm³/mol. The van der Waals surface area contributed by atoms with Crippen LogP contribution in [0.25, 0.3) is 0 Å². The van der Waals surface area contributed by atoms with Crippen LogP contribution in [-0.2, 0) is 9.47 Å². The lowest BCUT2D eigenvalue weighted by Gasteiger charge is -2.16. The van der Waals surface area contributed by atoms with Gasteiger partial charge in [0.1, 0.15) is 6.10 Å². The van der Waals surface area contributed by atoms with Gasteiger partial charge in [0.05, 0.1) is 12.7 Å². The van der Waals surface area contributed by atoms with Crippen LogP contribution in [0.1, 0.15) is 149 Å². The normalized spacial score (nSPS) is 20.5. The second-order valence-corrected chi connectivity index (χ2v) is 10.4. The molecule has 0 saturated carbocycles. The molecular formula is C29H56O3. The Labute approximate surface area is 200 Å². The van der Waals surface area contributed by atoms with Crippen molar-refractivity contribution in [3.05, 3.63) is 12.2 Å². The highest BCUT2D eigenvalue weighted by Gasteiger charge is 2.39. The third-order valence-corrected chi connectivity index (χ3v) is 6.72. The van der Waals surface area contributed by atoms with Crippen molar-refractivity contribution in [3.8, 4) is 0 Å². The van der Waals surface area contributed by atoms with Gasteiger partial charge in [-0.2, -0.15) is 0 Å². The van der Waals surface area contributed by atoms with Crippen LogP contribution in [-0.4, -0.2) is 29.7 Å². The van der Waals surface area contributed by atoms with Crippen molar-refractivity contribution in [3.63, 3.8) is 0 Å². The van der Waals surface area contributed by atoms with Crippen LogP contribution < -0.4 is 0 Å². The first kappa shape index (κ1) is 29.7. The summed E-state index contributed by atoms with van der Waals surface area (Å²) in [4.78, 5) is 0. The minimum absolute atomic E-state index is 0.0217. The highest BCUT2D eigenvalue weighted by molar-refractivity contribution is 4.90. The van der Waals surface area contributed by atoms with E-state index in [4.69, 9.17) is 9.47 Å². The van der Waals surface area contributed by atoms with Crippen molar-refractivity contribution in [2.75, 3.05) is 6.61 Å². The molecule has 0 amide bonds. The molecule has 0 aromatic carbocycles. The van der Waals surface area contributed by atoms with E-state index in [1.54, 1.807) is 0 Å². The predicted octanol–water partition coefficient (Wildman–Crippen LogP) is 8.88. The summed E-state index contributed by atoms with van der Waals surface area (Å²) in [6.07, 6.45) is 31.9. The second-order valence-electron chi connectivity index (χ2n) is 10.4. The van der Waals surface area contributed by atoms with Crippen LogP contribution in [0.15, 0.2) is 12.2 Å². The van der Waals surface area contributed by atoms with E-state index in [0.29, 0.717) is 0 Å². The molecule has 32 heavy (non-hydrogen) atoms. The van der Waals surface area contributed by atoms with E-state index in [0.717, 1.165) is 12.8 Å².